The summed E-state index contributed by atoms with van der Waals surface area (Å²) < 4.78 is 68.6. The molecule has 0 aliphatic rings. The van der Waals surface area contributed by atoms with E-state index in [1.165, 1.54) is 218 Å². The lowest BCUT2D eigenvalue weighted by atomic mass is 10.0. The van der Waals surface area contributed by atoms with Crippen molar-refractivity contribution in [2.24, 2.45) is 23.7 Å². The molecule has 100 heavy (non-hydrogen) atoms. The summed E-state index contributed by atoms with van der Waals surface area (Å²) in [5, 5.41) is 10.6. The lowest BCUT2D eigenvalue weighted by Gasteiger charge is -2.21. The molecule has 0 heterocycles. The van der Waals surface area contributed by atoms with Crippen LogP contribution in [0.3, 0.4) is 0 Å². The number of phosphoric acid groups is 2. The Bertz CT molecular complexity index is 1950. The molecule has 0 radical (unpaired) electrons. The molecule has 0 bridgehead atoms. The van der Waals surface area contributed by atoms with Crippen LogP contribution in [0.5, 0.6) is 0 Å². The number of esters is 4. The van der Waals surface area contributed by atoms with E-state index in [4.69, 9.17) is 37.0 Å². The second kappa shape index (κ2) is 70.1. The average molecular weight is 1470 g/mol. The number of phosphoric ester groups is 2. The highest BCUT2D eigenvalue weighted by molar-refractivity contribution is 7.47. The zero-order valence-electron chi connectivity index (χ0n) is 65.8. The maximum absolute atomic E-state index is 13.1. The van der Waals surface area contributed by atoms with Crippen molar-refractivity contribution >= 4 is 39.5 Å². The van der Waals surface area contributed by atoms with Crippen LogP contribution in [0.15, 0.2) is 0 Å². The Labute approximate surface area is 613 Å². The Morgan fingerprint density at radius 2 is 0.420 bits per heavy atom. The summed E-state index contributed by atoms with van der Waals surface area (Å²) in [6.45, 7) is 14.2. The first-order valence-electron chi connectivity index (χ1n) is 41.7. The van der Waals surface area contributed by atoms with Gasteiger partial charge in [0.2, 0.25) is 0 Å². The van der Waals surface area contributed by atoms with Crippen molar-refractivity contribution in [2.75, 3.05) is 39.6 Å². The fourth-order valence-corrected chi connectivity index (χ4v) is 14.0. The van der Waals surface area contributed by atoms with Crippen LogP contribution in [0.1, 0.15) is 415 Å². The molecule has 3 unspecified atom stereocenters. The van der Waals surface area contributed by atoms with Crippen molar-refractivity contribution < 1.29 is 80.2 Å². The predicted octanol–water partition coefficient (Wildman–Crippen LogP) is 24.0. The molecule has 17 nitrogen and oxygen atoms in total. The van der Waals surface area contributed by atoms with E-state index in [1.807, 2.05) is 0 Å². The molecule has 0 amide bonds. The molecular weight excluding hydrogens is 1310 g/mol. The van der Waals surface area contributed by atoms with Gasteiger partial charge in [0.1, 0.15) is 19.3 Å². The number of carbonyl (C=O) groups is 4. The Morgan fingerprint density at radius 1 is 0.250 bits per heavy atom. The van der Waals surface area contributed by atoms with Gasteiger partial charge in [-0.05, 0) is 49.4 Å². The highest BCUT2D eigenvalue weighted by Gasteiger charge is 2.30. The maximum atomic E-state index is 13.1. The van der Waals surface area contributed by atoms with E-state index in [9.17, 15) is 43.2 Å². The van der Waals surface area contributed by atoms with Gasteiger partial charge < -0.3 is 33.8 Å². The van der Waals surface area contributed by atoms with Crippen LogP contribution in [0.4, 0.5) is 0 Å². The van der Waals surface area contributed by atoms with Gasteiger partial charge in [0.15, 0.2) is 12.2 Å². The van der Waals surface area contributed by atoms with E-state index >= 15 is 0 Å². The third-order valence-corrected chi connectivity index (χ3v) is 20.7. The average Bonchev–Trinajstić information content (AvgIpc) is 0.952. The molecule has 0 rings (SSSR count). The minimum Gasteiger partial charge on any atom is -0.462 e. The fourth-order valence-electron chi connectivity index (χ4n) is 12.4. The molecule has 0 saturated heterocycles. The first-order chi connectivity index (χ1) is 48.1. The van der Waals surface area contributed by atoms with Gasteiger partial charge in [0.25, 0.3) is 0 Å². The smallest absolute Gasteiger partial charge is 0.462 e. The van der Waals surface area contributed by atoms with Crippen molar-refractivity contribution in [3.63, 3.8) is 0 Å². The summed E-state index contributed by atoms with van der Waals surface area (Å²) >= 11 is 0. The van der Waals surface area contributed by atoms with Gasteiger partial charge in [-0.1, -0.05) is 364 Å². The zero-order valence-corrected chi connectivity index (χ0v) is 67.6. The number of unbranched alkanes of at least 4 members (excludes halogenated alkanes) is 44. The number of hydrogen-bond donors (Lipinski definition) is 3. The Hall–Kier alpha value is -1.94. The minimum absolute atomic E-state index is 0.101. The van der Waals surface area contributed by atoms with Crippen LogP contribution in [0, 0.1) is 23.7 Å². The normalized spacial score (nSPS) is 14.0. The molecule has 0 aromatic rings. The number of aliphatic hydroxyl groups is 1. The molecular formula is C81H158O17P2. The van der Waals surface area contributed by atoms with Crippen molar-refractivity contribution in [2.45, 2.75) is 433 Å². The zero-order chi connectivity index (χ0) is 73.8. The molecule has 0 saturated carbocycles. The van der Waals surface area contributed by atoms with E-state index in [-0.39, 0.29) is 25.7 Å². The van der Waals surface area contributed by atoms with E-state index in [1.54, 1.807) is 0 Å². The molecule has 0 aromatic carbocycles. The van der Waals surface area contributed by atoms with Gasteiger partial charge in [-0.15, -0.1) is 0 Å². The largest absolute Gasteiger partial charge is 0.472 e. The molecule has 3 N–H and O–H groups in total. The van der Waals surface area contributed by atoms with E-state index < -0.39 is 97.5 Å². The second-order valence-corrected chi connectivity index (χ2v) is 34.0. The number of aliphatic hydroxyl groups excluding tert-OH is 1. The first kappa shape index (κ1) is 98.1. The molecule has 5 atom stereocenters. The third kappa shape index (κ3) is 74.3. The molecule has 0 aliphatic heterocycles. The number of hydrogen-bond acceptors (Lipinski definition) is 15. The minimum atomic E-state index is -4.96. The van der Waals surface area contributed by atoms with E-state index in [2.05, 4.69) is 55.4 Å². The molecule has 19 heteroatoms. The molecule has 594 valence electrons. The van der Waals surface area contributed by atoms with E-state index in [0.29, 0.717) is 31.6 Å². The van der Waals surface area contributed by atoms with Crippen molar-refractivity contribution in [1.29, 1.82) is 0 Å². The van der Waals surface area contributed by atoms with Gasteiger partial charge in [0.05, 0.1) is 26.4 Å². The van der Waals surface area contributed by atoms with Crippen molar-refractivity contribution in [3.05, 3.63) is 0 Å². The highest BCUT2D eigenvalue weighted by Crippen LogP contribution is 2.45. The van der Waals surface area contributed by atoms with Crippen molar-refractivity contribution in [1.82, 2.24) is 0 Å². The van der Waals surface area contributed by atoms with Gasteiger partial charge in [0, 0.05) is 25.7 Å². The maximum Gasteiger partial charge on any atom is 0.472 e. The summed E-state index contributed by atoms with van der Waals surface area (Å²) in [4.78, 5) is 72.9. The molecule has 0 aliphatic carbocycles. The summed E-state index contributed by atoms with van der Waals surface area (Å²) in [7, 11) is -9.92. The van der Waals surface area contributed by atoms with Gasteiger partial charge in [-0.3, -0.25) is 37.3 Å². The van der Waals surface area contributed by atoms with Crippen molar-refractivity contribution in [3.8, 4) is 0 Å². The Morgan fingerprint density at radius 3 is 0.620 bits per heavy atom. The van der Waals surface area contributed by atoms with Crippen LogP contribution in [0.25, 0.3) is 0 Å². The number of rotatable bonds is 78. The highest BCUT2D eigenvalue weighted by atomic mass is 31.2. The lowest BCUT2D eigenvalue weighted by molar-refractivity contribution is -0.161. The summed E-state index contributed by atoms with van der Waals surface area (Å²) in [6, 6.07) is 0. The Balaban J connectivity index is 5.19. The van der Waals surface area contributed by atoms with E-state index in [0.717, 1.165) is 108 Å². The molecule has 0 fully saturated rings. The SMILES string of the molecule is CC(C)CCCCCCCCCCCCCCCCCCCCC(=O)O[C@H](COC(=O)CCCCCCCCCCCCCCCCCCC(C)C)COP(=O)(O)OCC(O)COP(=O)(O)OC[C@@H](COC(=O)CCCCCCCCCCC(C)C)OC(=O)CCCCCCCCC(C)C. The van der Waals surface area contributed by atoms with Crippen LogP contribution in [0.2, 0.25) is 0 Å². The topological polar surface area (TPSA) is 237 Å². The van der Waals surface area contributed by atoms with Gasteiger partial charge in [-0.2, -0.15) is 0 Å². The fraction of sp³-hybridized carbons (Fsp3) is 0.951. The van der Waals surface area contributed by atoms with Crippen LogP contribution in [-0.2, 0) is 65.4 Å². The second-order valence-electron chi connectivity index (χ2n) is 31.1. The first-order valence-corrected chi connectivity index (χ1v) is 44.7. The quantitative estimate of drug-likeness (QED) is 0.0222. The summed E-state index contributed by atoms with van der Waals surface area (Å²) in [5.74, 6) is 0.908. The lowest BCUT2D eigenvalue weighted by Crippen LogP contribution is -2.30. The summed E-state index contributed by atoms with van der Waals surface area (Å²) in [5.41, 5.74) is 0. The van der Waals surface area contributed by atoms with Crippen LogP contribution >= 0.6 is 15.6 Å². The van der Waals surface area contributed by atoms with Crippen LogP contribution < -0.4 is 0 Å². The predicted molar refractivity (Wildman–Crippen MR) is 409 cm³/mol. The van der Waals surface area contributed by atoms with Crippen LogP contribution in [-0.4, -0.2) is 96.7 Å². The molecule has 0 aromatic heterocycles. The number of carbonyl (C=O) groups excluding carboxylic acids is 4. The van der Waals surface area contributed by atoms with Gasteiger partial charge in [-0.25, -0.2) is 9.13 Å². The number of ether oxygens (including phenoxy) is 4. The summed E-state index contributed by atoms with van der Waals surface area (Å²) in [6.07, 6.45) is 57.3. The molecule has 0 spiro atoms. The standard InChI is InChI=1S/C81H158O17P2/c1-71(2)57-49-41-33-27-23-19-15-11-9-10-12-18-22-26-30-38-47-55-63-80(85)97-76(67-91-78(83)61-53-45-36-29-25-21-17-14-13-16-20-24-28-34-42-50-58-72(3)4)69-95-99(87,88)93-65-75(82)66-94-100(89,90)96-70-77(98-81(86)64-56-48-40-39-44-52-60-74(7)8)68-92-79(84)62-54-46-37-32-31-35-43-51-59-73(5)6/h71-77,82H,9-70H2,1-8H3,(H,87,88)(H,89,90)/t75?,76-,77-/m1/s1. The van der Waals surface area contributed by atoms with Gasteiger partial charge >= 0.3 is 39.5 Å². The third-order valence-electron chi connectivity index (χ3n) is 18.8. The monoisotopic (exact) mass is 1470 g/mol. The Kier molecular flexibility index (Phi) is 68.7.